The molecule has 1 fully saturated rings. The Morgan fingerprint density at radius 3 is 2.67 bits per heavy atom. The second kappa shape index (κ2) is 8.48. The van der Waals surface area contributed by atoms with Crippen LogP contribution in [0, 0.1) is 11.7 Å². The van der Waals surface area contributed by atoms with Gasteiger partial charge in [0.1, 0.15) is 11.6 Å². The number of hydrogen-bond donors (Lipinski definition) is 1. The van der Waals surface area contributed by atoms with Crippen molar-refractivity contribution in [2.24, 2.45) is 5.92 Å². The molecular formula is C21H26FN3O2. The second-order valence-corrected chi connectivity index (χ2v) is 7.38. The summed E-state index contributed by atoms with van der Waals surface area (Å²) >= 11 is 0. The molecule has 0 aliphatic carbocycles. The van der Waals surface area contributed by atoms with E-state index in [2.05, 4.69) is 23.7 Å². The number of benzene rings is 1. The molecule has 1 N–H and O–H groups in total. The number of nitrogens with zero attached hydrogens (tertiary/aromatic N) is 3. The van der Waals surface area contributed by atoms with Crippen molar-refractivity contribution in [3.8, 4) is 5.75 Å². The summed E-state index contributed by atoms with van der Waals surface area (Å²) < 4.78 is 13.2. The van der Waals surface area contributed by atoms with Gasteiger partial charge in [-0.25, -0.2) is 9.37 Å². The topological polar surface area (TPSA) is 56.7 Å². The minimum absolute atomic E-state index is 0.0870. The molecule has 2 heterocycles. The smallest absolute Gasteiger partial charge is 0.276 e. The van der Waals surface area contributed by atoms with Gasteiger partial charge in [0.05, 0.1) is 0 Å². The number of amides is 1. The molecule has 144 valence electrons. The Labute approximate surface area is 159 Å². The van der Waals surface area contributed by atoms with Gasteiger partial charge in [0, 0.05) is 38.4 Å². The lowest BCUT2D eigenvalue weighted by Gasteiger charge is -2.34. The summed E-state index contributed by atoms with van der Waals surface area (Å²) in [5.74, 6) is -0.212. The van der Waals surface area contributed by atoms with Crippen molar-refractivity contribution in [3.63, 3.8) is 0 Å². The number of aromatic nitrogens is 1. The van der Waals surface area contributed by atoms with Crippen molar-refractivity contribution in [3.05, 3.63) is 59.7 Å². The van der Waals surface area contributed by atoms with Crippen molar-refractivity contribution in [1.29, 1.82) is 0 Å². The molecule has 3 rings (SSSR count). The van der Waals surface area contributed by atoms with E-state index in [1.165, 1.54) is 24.4 Å². The Kier molecular flexibility index (Phi) is 6.06. The third-order valence-corrected chi connectivity index (χ3v) is 5.09. The Morgan fingerprint density at radius 1 is 1.26 bits per heavy atom. The van der Waals surface area contributed by atoms with Crippen molar-refractivity contribution in [2.75, 3.05) is 19.6 Å². The molecule has 1 aliphatic rings. The van der Waals surface area contributed by atoms with E-state index in [1.54, 1.807) is 11.0 Å². The van der Waals surface area contributed by atoms with Crippen LogP contribution in [0.3, 0.4) is 0 Å². The van der Waals surface area contributed by atoms with E-state index < -0.39 is 0 Å². The van der Waals surface area contributed by atoms with Gasteiger partial charge in [-0.2, -0.15) is 0 Å². The van der Waals surface area contributed by atoms with Crippen LogP contribution >= 0.6 is 0 Å². The first-order valence-electron chi connectivity index (χ1n) is 9.37. The van der Waals surface area contributed by atoms with E-state index in [0.29, 0.717) is 19.0 Å². The fourth-order valence-corrected chi connectivity index (χ4v) is 3.61. The Hall–Kier alpha value is -2.47. The first kappa shape index (κ1) is 19.3. The summed E-state index contributed by atoms with van der Waals surface area (Å²) in [5, 5.41) is 9.98. The number of rotatable bonds is 4. The SMILES string of the molecule is CC(C)[C@H]1CN(C(=O)c2ncccc2O)CCCN1Cc1ccc(F)cc1. The number of pyridine rings is 1. The molecule has 1 aliphatic heterocycles. The standard InChI is InChI=1S/C21H26FN3O2/c1-15(2)18-14-25(21(27)20-19(26)5-3-10-23-20)12-4-11-24(18)13-16-6-8-17(22)9-7-16/h3,5-10,15,18,26H,4,11-14H2,1-2H3/t18-/m1/s1. The van der Waals surface area contributed by atoms with E-state index in [1.807, 2.05) is 12.1 Å². The minimum atomic E-state index is -0.234. The summed E-state index contributed by atoms with van der Waals surface area (Å²) in [7, 11) is 0. The molecule has 1 saturated heterocycles. The largest absolute Gasteiger partial charge is 0.505 e. The van der Waals surface area contributed by atoms with Gasteiger partial charge in [-0.15, -0.1) is 0 Å². The Balaban J connectivity index is 1.77. The van der Waals surface area contributed by atoms with Gasteiger partial charge < -0.3 is 10.0 Å². The molecule has 1 atom stereocenters. The molecule has 1 aromatic heterocycles. The highest BCUT2D eigenvalue weighted by atomic mass is 19.1. The molecule has 0 saturated carbocycles. The Morgan fingerprint density at radius 2 is 2.00 bits per heavy atom. The highest BCUT2D eigenvalue weighted by Crippen LogP contribution is 2.23. The van der Waals surface area contributed by atoms with Crippen LogP contribution in [0.1, 0.15) is 36.3 Å². The molecule has 6 heteroatoms. The van der Waals surface area contributed by atoms with Crippen molar-refractivity contribution < 1.29 is 14.3 Å². The van der Waals surface area contributed by atoms with Crippen molar-refractivity contribution >= 4 is 5.91 Å². The molecule has 0 unspecified atom stereocenters. The van der Waals surface area contributed by atoms with Gasteiger partial charge in [-0.1, -0.05) is 26.0 Å². The monoisotopic (exact) mass is 371 g/mol. The fourth-order valence-electron chi connectivity index (χ4n) is 3.61. The predicted molar refractivity (Wildman–Crippen MR) is 102 cm³/mol. The zero-order valence-electron chi connectivity index (χ0n) is 15.8. The van der Waals surface area contributed by atoms with Crippen LogP contribution in [0.15, 0.2) is 42.6 Å². The van der Waals surface area contributed by atoms with Gasteiger partial charge in [-0.3, -0.25) is 9.69 Å². The highest BCUT2D eigenvalue weighted by molar-refractivity contribution is 5.94. The number of carbonyl (C=O) groups excluding carboxylic acids is 1. The predicted octanol–water partition coefficient (Wildman–Crippen LogP) is 3.30. The van der Waals surface area contributed by atoms with Crippen LogP contribution in [-0.2, 0) is 6.54 Å². The molecule has 0 radical (unpaired) electrons. The zero-order valence-corrected chi connectivity index (χ0v) is 15.8. The van der Waals surface area contributed by atoms with Crippen LogP contribution < -0.4 is 0 Å². The third-order valence-electron chi connectivity index (χ3n) is 5.09. The van der Waals surface area contributed by atoms with Crippen LogP contribution in [-0.4, -0.2) is 51.5 Å². The van der Waals surface area contributed by atoms with Crippen LogP contribution in [0.5, 0.6) is 5.75 Å². The lowest BCUT2D eigenvalue weighted by atomic mass is 10.0. The van der Waals surface area contributed by atoms with E-state index in [0.717, 1.165) is 25.1 Å². The summed E-state index contributed by atoms with van der Waals surface area (Å²) in [5.41, 5.74) is 1.16. The number of hydrogen-bond acceptors (Lipinski definition) is 4. The molecule has 1 amide bonds. The molecule has 1 aromatic carbocycles. The quantitative estimate of drug-likeness (QED) is 0.896. The maximum atomic E-state index is 13.2. The van der Waals surface area contributed by atoms with Crippen molar-refractivity contribution in [2.45, 2.75) is 32.9 Å². The first-order valence-corrected chi connectivity index (χ1v) is 9.37. The summed E-state index contributed by atoms with van der Waals surface area (Å²) in [6, 6.07) is 9.86. The van der Waals surface area contributed by atoms with Gasteiger partial charge in [0.2, 0.25) is 0 Å². The van der Waals surface area contributed by atoms with Crippen LogP contribution in [0.4, 0.5) is 4.39 Å². The molecule has 5 nitrogen and oxygen atoms in total. The highest BCUT2D eigenvalue weighted by Gasteiger charge is 2.31. The van der Waals surface area contributed by atoms with Crippen molar-refractivity contribution in [1.82, 2.24) is 14.8 Å². The number of aromatic hydroxyl groups is 1. The van der Waals surface area contributed by atoms with E-state index in [-0.39, 0.29) is 29.2 Å². The van der Waals surface area contributed by atoms with E-state index >= 15 is 0 Å². The normalized spacial score (nSPS) is 18.5. The zero-order chi connectivity index (χ0) is 19.4. The molecule has 0 spiro atoms. The van der Waals surface area contributed by atoms with Gasteiger partial charge in [0.15, 0.2) is 5.69 Å². The number of halogens is 1. The average molecular weight is 371 g/mol. The third kappa shape index (κ3) is 4.63. The molecule has 0 bridgehead atoms. The number of carbonyl (C=O) groups is 1. The Bertz CT molecular complexity index is 779. The molecule has 27 heavy (non-hydrogen) atoms. The lowest BCUT2D eigenvalue weighted by Crippen LogP contribution is -2.45. The van der Waals surface area contributed by atoms with Gasteiger partial charge in [-0.05, 0) is 42.2 Å². The minimum Gasteiger partial charge on any atom is -0.505 e. The maximum Gasteiger partial charge on any atom is 0.276 e. The molecule has 2 aromatic rings. The average Bonchev–Trinajstić information content (AvgIpc) is 2.86. The van der Waals surface area contributed by atoms with Crippen LogP contribution in [0.2, 0.25) is 0 Å². The second-order valence-electron chi connectivity index (χ2n) is 7.38. The summed E-state index contributed by atoms with van der Waals surface area (Å²) in [4.78, 5) is 21.1. The van der Waals surface area contributed by atoms with Gasteiger partial charge >= 0.3 is 0 Å². The van der Waals surface area contributed by atoms with Crippen LogP contribution in [0.25, 0.3) is 0 Å². The lowest BCUT2D eigenvalue weighted by molar-refractivity contribution is 0.0693. The maximum absolute atomic E-state index is 13.2. The van der Waals surface area contributed by atoms with Gasteiger partial charge in [0.25, 0.3) is 5.91 Å². The summed E-state index contributed by atoms with van der Waals surface area (Å²) in [6.45, 7) is 7.08. The first-order chi connectivity index (χ1) is 13.0. The molecular weight excluding hydrogens is 345 g/mol. The van der Waals surface area contributed by atoms with E-state index in [4.69, 9.17) is 0 Å². The summed E-state index contributed by atoms with van der Waals surface area (Å²) in [6.07, 6.45) is 2.36. The fraction of sp³-hybridized carbons (Fsp3) is 0.429. The van der Waals surface area contributed by atoms with E-state index in [9.17, 15) is 14.3 Å².